The zero-order valence-corrected chi connectivity index (χ0v) is 14.9. The summed E-state index contributed by atoms with van der Waals surface area (Å²) in [5.41, 5.74) is 1.08. The number of nitrogens with one attached hydrogen (secondary N) is 1. The summed E-state index contributed by atoms with van der Waals surface area (Å²) in [5, 5.41) is 8.46. The molecule has 0 unspecified atom stereocenters. The molecule has 136 valence electrons. The summed E-state index contributed by atoms with van der Waals surface area (Å²) in [6.45, 7) is 1.93. The minimum atomic E-state index is -0.156. The first-order valence-electron chi connectivity index (χ1n) is 9.08. The third-order valence-corrected chi connectivity index (χ3v) is 5.13. The molecule has 0 radical (unpaired) electrons. The van der Waals surface area contributed by atoms with Crippen molar-refractivity contribution in [2.24, 2.45) is 13.0 Å². The normalized spacial score (nSPS) is 16.6. The first-order valence-corrected chi connectivity index (χ1v) is 9.08. The molecule has 2 aromatic heterocycles. The van der Waals surface area contributed by atoms with Gasteiger partial charge in [0.15, 0.2) is 0 Å². The molecule has 7 nitrogen and oxygen atoms in total. The van der Waals surface area contributed by atoms with Crippen molar-refractivity contribution in [1.29, 1.82) is 0 Å². The zero-order valence-electron chi connectivity index (χ0n) is 14.9. The molecule has 1 aromatic carbocycles. The van der Waals surface area contributed by atoms with Gasteiger partial charge in [-0.1, -0.05) is 18.2 Å². The zero-order chi connectivity index (χ0) is 18.1. The average molecular weight is 353 g/mol. The molecule has 1 aliphatic rings. The fourth-order valence-electron chi connectivity index (χ4n) is 3.69. The first kappa shape index (κ1) is 16.6. The number of hydrogen-bond acceptors (Lipinski definition) is 3. The Hall–Kier alpha value is -2.83. The summed E-state index contributed by atoms with van der Waals surface area (Å²) < 4.78 is 5.18. The molecule has 1 N–H and O–H groups in total. The molecule has 0 bridgehead atoms. The van der Waals surface area contributed by atoms with Crippen molar-refractivity contribution in [1.82, 2.24) is 24.2 Å². The SMILES string of the molecule is Cn1nc2n(c1=O)C[C@H](C(=O)NCCCn1ccc3ccccc31)CC2. The summed E-state index contributed by atoms with van der Waals surface area (Å²) in [4.78, 5) is 24.4. The molecule has 4 rings (SSSR count). The van der Waals surface area contributed by atoms with Crippen LogP contribution in [-0.4, -0.2) is 31.4 Å². The maximum Gasteiger partial charge on any atom is 0.345 e. The van der Waals surface area contributed by atoms with Crippen LogP contribution in [0.2, 0.25) is 0 Å². The summed E-state index contributed by atoms with van der Waals surface area (Å²) in [6, 6.07) is 10.4. The van der Waals surface area contributed by atoms with Crippen molar-refractivity contribution < 1.29 is 4.79 Å². The third-order valence-electron chi connectivity index (χ3n) is 5.13. The van der Waals surface area contributed by atoms with Crippen LogP contribution in [0.5, 0.6) is 0 Å². The van der Waals surface area contributed by atoms with Crippen molar-refractivity contribution >= 4 is 16.8 Å². The van der Waals surface area contributed by atoms with Crippen LogP contribution in [-0.2, 0) is 31.4 Å². The highest BCUT2D eigenvalue weighted by Gasteiger charge is 2.27. The van der Waals surface area contributed by atoms with Gasteiger partial charge in [0.1, 0.15) is 5.82 Å². The Morgan fingerprint density at radius 3 is 3.04 bits per heavy atom. The number of carbonyl (C=O) groups excluding carboxylic acids is 1. The van der Waals surface area contributed by atoms with Gasteiger partial charge in [-0.15, -0.1) is 0 Å². The standard InChI is InChI=1S/C19H23N5O2/c1-22-19(26)24-13-15(7-8-17(24)21-22)18(25)20-10-4-11-23-12-9-14-5-2-3-6-16(14)23/h2-3,5-6,9,12,15H,4,7-8,10-11,13H2,1H3,(H,20,25)/t15-/m1/s1. The fraction of sp³-hybridized carbons (Fsp3) is 0.421. The number of benzene rings is 1. The molecule has 3 aromatic rings. The number of fused-ring (bicyclic) bond motifs is 2. The highest BCUT2D eigenvalue weighted by Crippen LogP contribution is 2.17. The highest BCUT2D eigenvalue weighted by atomic mass is 16.2. The second-order valence-corrected chi connectivity index (χ2v) is 6.88. The largest absolute Gasteiger partial charge is 0.356 e. The molecule has 0 saturated heterocycles. The number of rotatable bonds is 5. The lowest BCUT2D eigenvalue weighted by molar-refractivity contribution is -0.125. The minimum absolute atomic E-state index is 0.0313. The summed E-state index contributed by atoms with van der Waals surface area (Å²) in [7, 11) is 1.65. The molecule has 7 heteroatoms. The number of amides is 1. The van der Waals surface area contributed by atoms with E-state index in [9.17, 15) is 9.59 Å². The van der Waals surface area contributed by atoms with Crippen LogP contribution in [0.15, 0.2) is 41.3 Å². The van der Waals surface area contributed by atoms with E-state index >= 15 is 0 Å². The van der Waals surface area contributed by atoms with E-state index in [-0.39, 0.29) is 17.5 Å². The van der Waals surface area contributed by atoms with E-state index in [2.05, 4.69) is 39.4 Å². The summed E-state index contributed by atoms with van der Waals surface area (Å²) in [6.07, 6.45) is 4.37. The van der Waals surface area contributed by atoms with Crippen LogP contribution < -0.4 is 11.0 Å². The lowest BCUT2D eigenvalue weighted by atomic mass is 9.98. The molecule has 1 atom stereocenters. The van der Waals surface area contributed by atoms with E-state index in [1.165, 1.54) is 15.6 Å². The Labute approximate surface area is 151 Å². The average Bonchev–Trinajstić information content (AvgIpc) is 3.19. The van der Waals surface area contributed by atoms with Crippen LogP contribution >= 0.6 is 0 Å². The van der Waals surface area contributed by atoms with Gasteiger partial charge in [0.05, 0.1) is 5.92 Å². The molecular formula is C19H23N5O2. The van der Waals surface area contributed by atoms with Gasteiger partial charge in [-0.2, -0.15) is 5.10 Å². The number of hydrogen-bond donors (Lipinski definition) is 1. The molecule has 3 heterocycles. The molecule has 0 spiro atoms. The van der Waals surface area contributed by atoms with Crippen LogP contribution in [0, 0.1) is 5.92 Å². The van der Waals surface area contributed by atoms with Crippen LogP contribution in [0.1, 0.15) is 18.7 Å². The maximum atomic E-state index is 12.4. The van der Waals surface area contributed by atoms with Crippen LogP contribution in [0.3, 0.4) is 0 Å². The predicted octanol–water partition coefficient (Wildman–Crippen LogP) is 1.31. The molecule has 26 heavy (non-hydrogen) atoms. The van der Waals surface area contributed by atoms with Gasteiger partial charge in [0, 0.05) is 44.8 Å². The molecule has 1 aliphatic heterocycles. The van der Waals surface area contributed by atoms with Crippen LogP contribution in [0.4, 0.5) is 0 Å². The van der Waals surface area contributed by atoms with Gasteiger partial charge in [0.25, 0.3) is 0 Å². The van der Waals surface area contributed by atoms with Gasteiger partial charge in [0.2, 0.25) is 5.91 Å². The Balaban J connectivity index is 1.29. The van der Waals surface area contributed by atoms with E-state index in [1.807, 2.05) is 12.1 Å². The van der Waals surface area contributed by atoms with Crippen molar-refractivity contribution in [3.63, 3.8) is 0 Å². The molecule has 0 aliphatic carbocycles. The van der Waals surface area contributed by atoms with Gasteiger partial charge in [-0.05, 0) is 30.4 Å². The van der Waals surface area contributed by atoms with Crippen molar-refractivity contribution in [2.45, 2.75) is 32.4 Å². The molecule has 0 fully saturated rings. The summed E-state index contributed by atoms with van der Waals surface area (Å²) >= 11 is 0. The number of para-hydroxylation sites is 1. The Morgan fingerprint density at radius 2 is 2.15 bits per heavy atom. The van der Waals surface area contributed by atoms with Gasteiger partial charge in [-0.3, -0.25) is 9.36 Å². The van der Waals surface area contributed by atoms with E-state index in [1.54, 1.807) is 11.6 Å². The topological polar surface area (TPSA) is 73.8 Å². The third kappa shape index (κ3) is 3.05. The second kappa shape index (κ2) is 6.82. The first-order chi connectivity index (χ1) is 12.6. The highest BCUT2D eigenvalue weighted by molar-refractivity contribution is 5.80. The number of carbonyl (C=O) groups is 1. The van der Waals surface area contributed by atoms with E-state index in [0.717, 1.165) is 25.2 Å². The smallest absolute Gasteiger partial charge is 0.345 e. The number of nitrogens with zero attached hydrogens (tertiary/aromatic N) is 4. The van der Waals surface area contributed by atoms with Gasteiger partial charge in [-0.25, -0.2) is 9.48 Å². The Bertz CT molecular complexity index is 997. The Kier molecular flexibility index (Phi) is 4.36. The van der Waals surface area contributed by atoms with Crippen molar-refractivity contribution in [3.05, 3.63) is 52.8 Å². The quantitative estimate of drug-likeness (QED) is 0.703. The van der Waals surface area contributed by atoms with Crippen molar-refractivity contribution in [2.75, 3.05) is 6.54 Å². The van der Waals surface area contributed by atoms with E-state index in [4.69, 9.17) is 0 Å². The second-order valence-electron chi connectivity index (χ2n) is 6.88. The lowest BCUT2D eigenvalue weighted by Crippen LogP contribution is -2.39. The number of aromatic nitrogens is 4. The monoisotopic (exact) mass is 353 g/mol. The lowest BCUT2D eigenvalue weighted by Gasteiger charge is -2.21. The van der Waals surface area contributed by atoms with E-state index < -0.39 is 0 Å². The van der Waals surface area contributed by atoms with Crippen molar-refractivity contribution in [3.8, 4) is 0 Å². The van der Waals surface area contributed by atoms with Gasteiger partial charge < -0.3 is 9.88 Å². The minimum Gasteiger partial charge on any atom is -0.356 e. The predicted molar refractivity (Wildman–Crippen MR) is 98.8 cm³/mol. The maximum absolute atomic E-state index is 12.4. The molecule has 0 saturated carbocycles. The van der Waals surface area contributed by atoms with Gasteiger partial charge >= 0.3 is 5.69 Å². The number of aryl methyl sites for hydroxylation is 3. The fourth-order valence-corrected chi connectivity index (χ4v) is 3.69. The molecular weight excluding hydrogens is 330 g/mol. The summed E-state index contributed by atoms with van der Waals surface area (Å²) in [5.74, 6) is 0.654. The Morgan fingerprint density at radius 1 is 1.31 bits per heavy atom. The van der Waals surface area contributed by atoms with Crippen LogP contribution in [0.25, 0.3) is 10.9 Å². The van der Waals surface area contributed by atoms with E-state index in [0.29, 0.717) is 19.5 Å². The molecule has 1 amide bonds.